The topological polar surface area (TPSA) is 39.4 Å². The summed E-state index contributed by atoms with van der Waals surface area (Å²) >= 11 is 3.42. The molecule has 0 N–H and O–H groups in total. The number of hydrogen-bond acceptors (Lipinski definition) is 3. The van der Waals surface area contributed by atoms with E-state index in [1.165, 1.54) is 0 Å². The average molecular weight is 373 g/mol. The molecule has 0 amide bonds. The fraction of sp³-hybridized carbons (Fsp3) is 0.211. The largest absolute Gasteiger partial charge is 0.488 e. The molecule has 0 saturated heterocycles. The third kappa shape index (κ3) is 3.32. The molecule has 3 aromatic rings. The van der Waals surface area contributed by atoms with E-state index in [0.717, 1.165) is 38.7 Å². The van der Waals surface area contributed by atoms with Crippen LogP contribution in [-0.2, 0) is 13.0 Å². The van der Waals surface area contributed by atoms with Crippen molar-refractivity contribution in [2.75, 3.05) is 0 Å². The van der Waals surface area contributed by atoms with Gasteiger partial charge in [-0.2, -0.15) is 0 Å². The highest BCUT2D eigenvalue weighted by Gasteiger charge is 2.11. The lowest BCUT2D eigenvalue weighted by Crippen LogP contribution is -2.02. The van der Waals surface area contributed by atoms with Gasteiger partial charge in [0.2, 0.25) is 0 Å². The van der Waals surface area contributed by atoms with Gasteiger partial charge in [-0.1, -0.05) is 35.0 Å². The van der Waals surface area contributed by atoms with E-state index >= 15 is 0 Å². The quantitative estimate of drug-likeness (QED) is 0.604. The maximum Gasteiger partial charge on any atom is 0.336 e. The van der Waals surface area contributed by atoms with Crippen molar-refractivity contribution in [1.29, 1.82) is 0 Å². The molecule has 0 aliphatic heterocycles. The van der Waals surface area contributed by atoms with Crippen molar-refractivity contribution >= 4 is 26.9 Å². The zero-order valence-corrected chi connectivity index (χ0v) is 14.6. The summed E-state index contributed by atoms with van der Waals surface area (Å²) in [6, 6.07) is 13.4. The van der Waals surface area contributed by atoms with Gasteiger partial charge in [0.1, 0.15) is 17.9 Å². The first-order chi connectivity index (χ1) is 11.1. The SMILES string of the molecule is CCc1cc(=O)oc2c(C)c(OCc3ccc(Br)cc3)ccc12. The van der Waals surface area contributed by atoms with Crippen molar-refractivity contribution in [1.82, 2.24) is 0 Å². The van der Waals surface area contributed by atoms with E-state index in [2.05, 4.69) is 15.9 Å². The predicted molar refractivity (Wildman–Crippen MR) is 95.1 cm³/mol. The minimum absolute atomic E-state index is 0.317. The number of ether oxygens (including phenoxy) is 1. The normalized spacial score (nSPS) is 10.9. The number of halogens is 1. The first-order valence-corrected chi connectivity index (χ1v) is 8.31. The first kappa shape index (κ1) is 15.8. The lowest BCUT2D eigenvalue weighted by Gasteiger charge is -2.12. The van der Waals surface area contributed by atoms with Crippen LogP contribution in [0.4, 0.5) is 0 Å². The molecule has 1 aromatic heterocycles. The van der Waals surface area contributed by atoms with Crippen LogP contribution in [0.3, 0.4) is 0 Å². The van der Waals surface area contributed by atoms with Gasteiger partial charge >= 0.3 is 5.63 Å². The number of benzene rings is 2. The average Bonchev–Trinajstić information content (AvgIpc) is 2.55. The zero-order chi connectivity index (χ0) is 16.4. The Bertz CT molecular complexity index is 895. The molecule has 2 aromatic carbocycles. The molecule has 3 rings (SSSR count). The van der Waals surface area contributed by atoms with Gasteiger partial charge in [-0.05, 0) is 48.7 Å². The first-order valence-electron chi connectivity index (χ1n) is 7.52. The van der Waals surface area contributed by atoms with Gasteiger partial charge in [-0.3, -0.25) is 0 Å². The van der Waals surface area contributed by atoms with Gasteiger partial charge in [0.25, 0.3) is 0 Å². The van der Waals surface area contributed by atoms with Gasteiger partial charge in [0, 0.05) is 21.5 Å². The predicted octanol–water partition coefficient (Wildman–Crippen LogP) is 5.01. The van der Waals surface area contributed by atoms with Crippen molar-refractivity contribution in [2.24, 2.45) is 0 Å². The van der Waals surface area contributed by atoms with Crippen LogP contribution >= 0.6 is 15.9 Å². The molecular formula is C19H17BrO3. The lowest BCUT2D eigenvalue weighted by atomic mass is 10.0. The summed E-state index contributed by atoms with van der Waals surface area (Å²) in [5.74, 6) is 0.733. The number of fused-ring (bicyclic) bond motifs is 1. The summed E-state index contributed by atoms with van der Waals surface area (Å²) in [4.78, 5) is 11.7. The summed E-state index contributed by atoms with van der Waals surface area (Å²) < 4.78 is 12.3. The second-order valence-electron chi connectivity index (χ2n) is 5.42. The van der Waals surface area contributed by atoms with E-state index in [-0.39, 0.29) is 5.63 Å². The van der Waals surface area contributed by atoms with Gasteiger partial charge in [0.15, 0.2) is 0 Å². The number of hydrogen-bond donors (Lipinski definition) is 0. The van der Waals surface area contributed by atoms with E-state index < -0.39 is 0 Å². The minimum Gasteiger partial charge on any atom is -0.488 e. The smallest absolute Gasteiger partial charge is 0.336 e. The molecule has 0 radical (unpaired) electrons. The Morgan fingerprint density at radius 2 is 1.87 bits per heavy atom. The molecule has 23 heavy (non-hydrogen) atoms. The molecule has 0 unspecified atom stereocenters. The third-order valence-electron chi connectivity index (χ3n) is 3.89. The van der Waals surface area contributed by atoms with Crippen LogP contribution in [0.2, 0.25) is 0 Å². The van der Waals surface area contributed by atoms with E-state index in [0.29, 0.717) is 12.2 Å². The Hall–Kier alpha value is -2.07. The highest BCUT2D eigenvalue weighted by molar-refractivity contribution is 9.10. The van der Waals surface area contributed by atoms with Gasteiger partial charge in [0.05, 0.1) is 0 Å². The molecule has 4 heteroatoms. The van der Waals surface area contributed by atoms with Crippen LogP contribution < -0.4 is 10.4 Å². The molecule has 0 saturated carbocycles. The van der Waals surface area contributed by atoms with Crippen molar-refractivity contribution < 1.29 is 9.15 Å². The van der Waals surface area contributed by atoms with Crippen LogP contribution in [0.5, 0.6) is 5.75 Å². The molecule has 0 aliphatic rings. The summed E-state index contributed by atoms with van der Waals surface area (Å²) in [7, 11) is 0. The Labute approximate surface area is 143 Å². The van der Waals surface area contributed by atoms with E-state index in [4.69, 9.17) is 9.15 Å². The minimum atomic E-state index is -0.317. The highest BCUT2D eigenvalue weighted by Crippen LogP contribution is 2.29. The van der Waals surface area contributed by atoms with Gasteiger partial charge < -0.3 is 9.15 Å². The molecule has 0 fully saturated rings. The second kappa shape index (κ2) is 6.59. The molecule has 0 spiro atoms. The molecule has 3 nitrogen and oxygen atoms in total. The molecular weight excluding hydrogens is 356 g/mol. The monoisotopic (exact) mass is 372 g/mol. The van der Waals surface area contributed by atoms with E-state index in [1.807, 2.05) is 50.2 Å². The molecule has 118 valence electrons. The van der Waals surface area contributed by atoms with Crippen molar-refractivity contribution in [3.63, 3.8) is 0 Å². The van der Waals surface area contributed by atoms with Crippen molar-refractivity contribution in [2.45, 2.75) is 26.9 Å². The molecule has 1 heterocycles. The molecule has 0 aliphatic carbocycles. The summed E-state index contributed by atoms with van der Waals surface area (Å²) in [5.41, 5.74) is 3.23. The van der Waals surface area contributed by atoms with Crippen LogP contribution in [0, 0.1) is 6.92 Å². The Balaban J connectivity index is 1.94. The third-order valence-corrected chi connectivity index (χ3v) is 4.41. The Kier molecular flexibility index (Phi) is 4.53. The molecule has 0 atom stereocenters. The fourth-order valence-corrected chi connectivity index (χ4v) is 2.86. The fourth-order valence-electron chi connectivity index (χ4n) is 2.60. The highest BCUT2D eigenvalue weighted by atomic mass is 79.9. The summed E-state index contributed by atoms with van der Waals surface area (Å²) in [5, 5.41) is 0.973. The van der Waals surface area contributed by atoms with Gasteiger partial charge in [-0.25, -0.2) is 4.79 Å². The van der Waals surface area contributed by atoms with E-state index in [9.17, 15) is 4.79 Å². The van der Waals surface area contributed by atoms with Crippen LogP contribution in [0.15, 0.2) is 56.1 Å². The van der Waals surface area contributed by atoms with Crippen LogP contribution in [0.1, 0.15) is 23.6 Å². The van der Waals surface area contributed by atoms with Crippen LogP contribution in [0.25, 0.3) is 11.0 Å². The van der Waals surface area contributed by atoms with Crippen molar-refractivity contribution in [3.8, 4) is 5.75 Å². The standard InChI is InChI=1S/C19H17BrO3/c1-3-14-10-18(21)23-19-12(2)17(9-8-16(14)19)22-11-13-4-6-15(20)7-5-13/h4-10H,3,11H2,1-2H3. The summed E-state index contributed by atoms with van der Waals surface area (Å²) in [6.45, 7) is 4.42. The zero-order valence-electron chi connectivity index (χ0n) is 13.1. The van der Waals surface area contributed by atoms with E-state index in [1.54, 1.807) is 6.07 Å². The Morgan fingerprint density at radius 3 is 2.57 bits per heavy atom. The van der Waals surface area contributed by atoms with Crippen molar-refractivity contribution in [3.05, 3.63) is 74.0 Å². The number of rotatable bonds is 4. The van der Waals surface area contributed by atoms with Crippen LogP contribution in [-0.4, -0.2) is 0 Å². The number of aryl methyl sites for hydroxylation is 2. The lowest BCUT2D eigenvalue weighted by molar-refractivity contribution is 0.304. The summed E-state index contributed by atoms with van der Waals surface area (Å²) in [6.07, 6.45) is 0.792. The molecule has 0 bridgehead atoms. The van der Waals surface area contributed by atoms with Gasteiger partial charge in [-0.15, -0.1) is 0 Å². The maximum atomic E-state index is 11.7. The second-order valence-corrected chi connectivity index (χ2v) is 6.34. The Morgan fingerprint density at radius 1 is 1.13 bits per heavy atom. The maximum absolute atomic E-state index is 11.7.